The molecular weight excluding hydrogens is 244 g/mol. The summed E-state index contributed by atoms with van der Waals surface area (Å²) in [6.07, 6.45) is 1.87. The predicted octanol–water partition coefficient (Wildman–Crippen LogP) is 2.53. The van der Waals surface area contributed by atoms with E-state index in [4.69, 9.17) is 4.74 Å². The van der Waals surface area contributed by atoms with Gasteiger partial charge in [0.2, 0.25) is 5.91 Å². The molecule has 5 nitrogen and oxygen atoms in total. The van der Waals surface area contributed by atoms with E-state index in [9.17, 15) is 9.59 Å². The van der Waals surface area contributed by atoms with Gasteiger partial charge in [0.05, 0.1) is 5.69 Å². The number of unbranched alkanes of at least 4 members (excludes halogenated alkanes) is 1. The first-order valence-electron chi connectivity index (χ1n) is 6.51. The standard InChI is InChI=1S/C14H18N2O3/c1-3-4-5-13(17)15-10-6-7-12-11(8-10)16-14(18)9(2)19-12/h6-9H,3-5H2,1-2H3,(H,15,17)(H,16,18). The number of rotatable bonds is 4. The van der Waals surface area contributed by atoms with Crippen molar-refractivity contribution in [2.75, 3.05) is 10.6 Å². The van der Waals surface area contributed by atoms with E-state index in [-0.39, 0.29) is 11.8 Å². The summed E-state index contributed by atoms with van der Waals surface area (Å²) in [5, 5.41) is 5.56. The molecule has 0 bridgehead atoms. The molecule has 1 aromatic rings. The van der Waals surface area contributed by atoms with Crippen LogP contribution in [0.3, 0.4) is 0 Å². The summed E-state index contributed by atoms with van der Waals surface area (Å²) in [4.78, 5) is 23.1. The van der Waals surface area contributed by atoms with Crippen molar-refractivity contribution < 1.29 is 14.3 Å². The fourth-order valence-corrected chi connectivity index (χ4v) is 1.85. The first-order valence-corrected chi connectivity index (χ1v) is 6.51. The Morgan fingerprint density at radius 3 is 3.00 bits per heavy atom. The molecule has 1 unspecified atom stereocenters. The quantitative estimate of drug-likeness (QED) is 0.876. The van der Waals surface area contributed by atoms with Crippen LogP contribution < -0.4 is 15.4 Å². The van der Waals surface area contributed by atoms with Crippen LogP contribution in [0.5, 0.6) is 5.75 Å². The molecule has 5 heteroatoms. The number of benzene rings is 1. The van der Waals surface area contributed by atoms with Crippen LogP contribution in [0.25, 0.3) is 0 Å². The van der Waals surface area contributed by atoms with Gasteiger partial charge in [-0.25, -0.2) is 0 Å². The molecular formula is C14H18N2O3. The van der Waals surface area contributed by atoms with Gasteiger partial charge in [0.15, 0.2) is 6.10 Å². The number of fused-ring (bicyclic) bond motifs is 1. The lowest BCUT2D eigenvalue weighted by atomic mass is 10.2. The third-order valence-electron chi connectivity index (χ3n) is 2.95. The van der Waals surface area contributed by atoms with Crippen molar-refractivity contribution in [1.82, 2.24) is 0 Å². The first kappa shape index (κ1) is 13.4. The van der Waals surface area contributed by atoms with Crippen LogP contribution in [0, 0.1) is 0 Å². The van der Waals surface area contributed by atoms with Crippen molar-refractivity contribution >= 4 is 23.2 Å². The van der Waals surface area contributed by atoms with E-state index in [1.54, 1.807) is 25.1 Å². The normalized spacial score (nSPS) is 17.2. The maximum atomic E-state index is 11.6. The minimum Gasteiger partial charge on any atom is -0.479 e. The minimum absolute atomic E-state index is 0.0155. The highest BCUT2D eigenvalue weighted by atomic mass is 16.5. The molecule has 0 fully saturated rings. The Labute approximate surface area is 112 Å². The second-order valence-electron chi connectivity index (χ2n) is 4.61. The molecule has 1 atom stereocenters. The zero-order valence-electron chi connectivity index (χ0n) is 11.2. The molecule has 0 spiro atoms. The lowest BCUT2D eigenvalue weighted by Gasteiger charge is -2.23. The third kappa shape index (κ3) is 3.24. The highest BCUT2D eigenvalue weighted by Gasteiger charge is 2.23. The Kier molecular flexibility index (Phi) is 4.04. The molecule has 0 saturated carbocycles. The van der Waals surface area contributed by atoms with Crippen molar-refractivity contribution in [2.45, 2.75) is 39.2 Å². The molecule has 1 aromatic carbocycles. The Bertz CT molecular complexity index is 499. The molecule has 0 radical (unpaired) electrons. The number of anilines is 2. The zero-order valence-corrected chi connectivity index (χ0v) is 11.2. The van der Waals surface area contributed by atoms with Gasteiger partial charge < -0.3 is 15.4 Å². The summed E-state index contributed by atoms with van der Waals surface area (Å²) in [5.74, 6) is 0.429. The van der Waals surface area contributed by atoms with E-state index in [1.807, 2.05) is 6.92 Å². The maximum absolute atomic E-state index is 11.6. The lowest BCUT2D eigenvalue weighted by Crippen LogP contribution is -2.34. The average Bonchev–Trinajstić information content (AvgIpc) is 2.38. The molecule has 1 aliphatic heterocycles. The van der Waals surface area contributed by atoms with Crippen LogP contribution in [0.1, 0.15) is 33.1 Å². The van der Waals surface area contributed by atoms with Crippen LogP contribution in [-0.4, -0.2) is 17.9 Å². The Hall–Kier alpha value is -2.04. The van der Waals surface area contributed by atoms with Gasteiger partial charge in [-0.15, -0.1) is 0 Å². The molecule has 2 N–H and O–H groups in total. The van der Waals surface area contributed by atoms with Gasteiger partial charge in [0.1, 0.15) is 5.75 Å². The van der Waals surface area contributed by atoms with Gasteiger partial charge in [-0.1, -0.05) is 13.3 Å². The second-order valence-corrected chi connectivity index (χ2v) is 4.61. The maximum Gasteiger partial charge on any atom is 0.265 e. The summed E-state index contributed by atoms with van der Waals surface area (Å²) in [6, 6.07) is 5.23. The second kappa shape index (κ2) is 5.73. The number of ether oxygens (including phenoxy) is 1. The fourth-order valence-electron chi connectivity index (χ4n) is 1.85. The van der Waals surface area contributed by atoms with E-state index >= 15 is 0 Å². The Morgan fingerprint density at radius 2 is 2.26 bits per heavy atom. The molecule has 1 heterocycles. The van der Waals surface area contributed by atoms with Crippen molar-refractivity contribution in [3.8, 4) is 5.75 Å². The van der Waals surface area contributed by atoms with E-state index in [0.29, 0.717) is 23.5 Å². The van der Waals surface area contributed by atoms with E-state index in [0.717, 1.165) is 12.8 Å². The summed E-state index contributed by atoms with van der Waals surface area (Å²) in [5.41, 5.74) is 1.26. The van der Waals surface area contributed by atoms with E-state index < -0.39 is 6.10 Å². The van der Waals surface area contributed by atoms with Crippen molar-refractivity contribution in [2.24, 2.45) is 0 Å². The van der Waals surface area contributed by atoms with Gasteiger partial charge >= 0.3 is 0 Å². The molecule has 2 rings (SSSR count). The number of carbonyl (C=O) groups excluding carboxylic acids is 2. The van der Waals surface area contributed by atoms with Crippen molar-refractivity contribution in [3.63, 3.8) is 0 Å². The fraction of sp³-hybridized carbons (Fsp3) is 0.429. The summed E-state index contributed by atoms with van der Waals surface area (Å²) < 4.78 is 5.44. The molecule has 102 valence electrons. The van der Waals surface area contributed by atoms with Gasteiger partial charge in [0.25, 0.3) is 5.91 Å². The van der Waals surface area contributed by atoms with Crippen molar-refractivity contribution in [1.29, 1.82) is 0 Å². The number of amides is 2. The van der Waals surface area contributed by atoms with Crippen LogP contribution in [0.2, 0.25) is 0 Å². The highest BCUT2D eigenvalue weighted by Crippen LogP contribution is 2.32. The topological polar surface area (TPSA) is 67.4 Å². The lowest BCUT2D eigenvalue weighted by molar-refractivity contribution is -0.122. The Balaban J connectivity index is 2.07. The SMILES string of the molecule is CCCCC(=O)Nc1ccc2c(c1)NC(=O)C(C)O2. The summed E-state index contributed by atoms with van der Waals surface area (Å²) in [7, 11) is 0. The number of hydrogen-bond donors (Lipinski definition) is 2. The van der Waals surface area contributed by atoms with Crippen molar-refractivity contribution in [3.05, 3.63) is 18.2 Å². The summed E-state index contributed by atoms with van der Waals surface area (Å²) >= 11 is 0. The van der Waals surface area contributed by atoms with E-state index in [2.05, 4.69) is 10.6 Å². The predicted molar refractivity (Wildman–Crippen MR) is 73.3 cm³/mol. The molecule has 0 aliphatic carbocycles. The number of nitrogens with one attached hydrogen (secondary N) is 2. The summed E-state index contributed by atoms with van der Waals surface area (Å²) in [6.45, 7) is 3.74. The van der Waals surface area contributed by atoms with Crippen LogP contribution >= 0.6 is 0 Å². The first-order chi connectivity index (χ1) is 9.10. The van der Waals surface area contributed by atoms with Crippen LogP contribution in [0.4, 0.5) is 11.4 Å². The van der Waals surface area contributed by atoms with Crippen LogP contribution in [-0.2, 0) is 9.59 Å². The Morgan fingerprint density at radius 1 is 1.47 bits per heavy atom. The van der Waals surface area contributed by atoms with Crippen LogP contribution in [0.15, 0.2) is 18.2 Å². The smallest absolute Gasteiger partial charge is 0.265 e. The zero-order chi connectivity index (χ0) is 13.8. The van der Waals surface area contributed by atoms with Gasteiger partial charge in [-0.05, 0) is 31.5 Å². The highest BCUT2D eigenvalue weighted by molar-refractivity contribution is 5.99. The minimum atomic E-state index is -0.488. The van der Waals surface area contributed by atoms with Gasteiger partial charge in [-0.3, -0.25) is 9.59 Å². The van der Waals surface area contributed by atoms with E-state index in [1.165, 1.54) is 0 Å². The molecule has 2 amide bonds. The van der Waals surface area contributed by atoms with Gasteiger partial charge in [-0.2, -0.15) is 0 Å². The molecule has 0 saturated heterocycles. The average molecular weight is 262 g/mol. The van der Waals surface area contributed by atoms with Gasteiger partial charge in [0, 0.05) is 12.1 Å². The monoisotopic (exact) mass is 262 g/mol. The largest absolute Gasteiger partial charge is 0.479 e. The molecule has 0 aromatic heterocycles. The molecule has 1 aliphatic rings. The third-order valence-corrected chi connectivity index (χ3v) is 2.95. The molecule has 19 heavy (non-hydrogen) atoms. The number of hydrogen-bond acceptors (Lipinski definition) is 3. The number of carbonyl (C=O) groups is 2.